The van der Waals surface area contributed by atoms with Gasteiger partial charge in [0.15, 0.2) is 0 Å². The van der Waals surface area contributed by atoms with Crippen LogP contribution in [0, 0.1) is 0 Å². The van der Waals surface area contributed by atoms with Crippen molar-refractivity contribution < 1.29 is 9.84 Å². The van der Waals surface area contributed by atoms with Crippen LogP contribution in [0.15, 0.2) is 48.5 Å². The molecule has 0 heterocycles. The van der Waals surface area contributed by atoms with Crippen LogP contribution >= 0.6 is 11.6 Å². The van der Waals surface area contributed by atoms with Gasteiger partial charge in [0.05, 0.1) is 12.7 Å². The average molecular weight is 277 g/mol. The van der Waals surface area contributed by atoms with E-state index < -0.39 is 6.10 Å². The Hall–Kier alpha value is -1.51. The first-order valence-corrected chi connectivity index (χ1v) is 6.69. The molecule has 19 heavy (non-hydrogen) atoms. The van der Waals surface area contributed by atoms with Crippen LogP contribution in [-0.4, -0.2) is 11.7 Å². The number of aliphatic hydroxyl groups excluding tert-OH is 1. The SMILES string of the molecule is CC(O)c1cc(Cl)ccc1OCCc1ccccc1. The van der Waals surface area contributed by atoms with Gasteiger partial charge in [0.1, 0.15) is 5.75 Å². The molecule has 2 nitrogen and oxygen atoms in total. The largest absolute Gasteiger partial charge is 0.493 e. The van der Waals surface area contributed by atoms with Crippen LogP contribution in [0.1, 0.15) is 24.2 Å². The zero-order valence-corrected chi connectivity index (χ0v) is 11.6. The number of aliphatic hydroxyl groups is 1. The van der Waals surface area contributed by atoms with Crippen molar-refractivity contribution in [3.63, 3.8) is 0 Å². The summed E-state index contributed by atoms with van der Waals surface area (Å²) in [5, 5.41) is 10.3. The molecule has 2 aromatic rings. The van der Waals surface area contributed by atoms with E-state index in [1.54, 1.807) is 25.1 Å². The summed E-state index contributed by atoms with van der Waals surface area (Å²) < 4.78 is 5.74. The Bertz CT molecular complexity index is 524. The van der Waals surface area contributed by atoms with E-state index >= 15 is 0 Å². The molecule has 0 fully saturated rings. The van der Waals surface area contributed by atoms with E-state index in [-0.39, 0.29) is 0 Å². The third-order valence-electron chi connectivity index (χ3n) is 2.91. The van der Waals surface area contributed by atoms with Gasteiger partial charge in [0, 0.05) is 17.0 Å². The second kappa shape index (κ2) is 6.60. The van der Waals surface area contributed by atoms with E-state index in [0.29, 0.717) is 17.4 Å². The Morgan fingerprint density at radius 2 is 1.89 bits per heavy atom. The lowest BCUT2D eigenvalue weighted by Crippen LogP contribution is -2.04. The summed E-state index contributed by atoms with van der Waals surface area (Å²) in [6.45, 7) is 2.28. The van der Waals surface area contributed by atoms with Crippen LogP contribution in [0.5, 0.6) is 5.75 Å². The third-order valence-corrected chi connectivity index (χ3v) is 3.15. The molecule has 0 aromatic heterocycles. The first-order chi connectivity index (χ1) is 9.16. The van der Waals surface area contributed by atoms with Crippen molar-refractivity contribution in [2.24, 2.45) is 0 Å². The van der Waals surface area contributed by atoms with Gasteiger partial charge in [-0.15, -0.1) is 0 Å². The van der Waals surface area contributed by atoms with Crippen molar-refractivity contribution in [2.75, 3.05) is 6.61 Å². The van der Waals surface area contributed by atoms with E-state index in [9.17, 15) is 5.11 Å². The minimum atomic E-state index is -0.592. The first kappa shape index (κ1) is 13.9. The molecule has 0 bridgehead atoms. The van der Waals surface area contributed by atoms with Crippen LogP contribution in [0.3, 0.4) is 0 Å². The number of ether oxygens (including phenoxy) is 1. The van der Waals surface area contributed by atoms with Gasteiger partial charge in [-0.05, 0) is 30.7 Å². The molecule has 0 saturated heterocycles. The first-order valence-electron chi connectivity index (χ1n) is 6.31. The van der Waals surface area contributed by atoms with Gasteiger partial charge >= 0.3 is 0 Å². The zero-order chi connectivity index (χ0) is 13.7. The summed E-state index contributed by atoms with van der Waals surface area (Å²) in [4.78, 5) is 0. The van der Waals surface area contributed by atoms with Gasteiger partial charge in [-0.3, -0.25) is 0 Å². The molecule has 0 amide bonds. The summed E-state index contributed by atoms with van der Waals surface area (Å²) in [5.41, 5.74) is 1.95. The quantitative estimate of drug-likeness (QED) is 0.894. The fraction of sp³-hybridized carbons (Fsp3) is 0.250. The molecule has 1 unspecified atom stereocenters. The van der Waals surface area contributed by atoms with Gasteiger partial charge in [-0.2, -0.15) is 0 Å². The van der Waals surface area contributed by atoms with Crippen LogP contribution in [0.4, 0.5) is 0 Å². The van der Waals surface area contributed by atoms with Gasteiger partial charge in [-0.25, -0.2) is 0 Å². The minimum absolute atomic E-state index is 0.575. The molecule has 0 saturated carbocycles. The Morgan fingerprint density at radius 1 is 1.16 bits per heavy atom. The molecule has 2 aromatic carbocycles. The Kier molecular flexibility index (Phi) is 4.83. The molecule has 1 N–H and O–H groups in total. The summed E-state index contributed by atoms with van der Waals surface area (Å²) in [7, 11) is 0. The zero-order valence-electron chi connectivity index (χ0n) is 10.8. The van der Waals surface area contributed by atoms with Crippen molar-refractivity contribution in [2.45, 2.75) is 19.4 Å². The third kappa shape index (κ3) is 3.98. The van der Waals surface area contributed by atoms with Gasteiger partial charge in [0.25, 0.3) is 0 Å². The van der Waals surface area contributed by atoms with Crippen molar-refractivity contribution in [3.05, 3.63) is 64.7 Å². The normalized spacial score (nSPS) is 12.2. The Morgan fingerprint density at radius 3 is 2.58 bits per heavy atom. The predicted octanol–water partition coefficient (Wildman–Crippen LogP) is 4.01. The number of hydrogen-bond acceptors (Lipinski definition) is 2. The van der Waals surface area contributed by atoms with E-state index in [1.807, 2.05) is 18.2 Å². The molecule has 0 spiro atoms. The lowest BCUT2D eigenvalue weighted by Gasteiger charge is -2.13. The fourth-order valence-electron chi connectivity index (χ4n) is 1.90. The summed E-state index contributed by atoms with van der Waals surface area (Å²) in [6.07, 6.45) is 0.244. The maximum absolute atomic E-state index is 9.71. The molecule has 2 rings (SSSR count). The van der Waals surface area contributed by atoms with Crippen molar-refractivity contribution in [1.82, 2.24) is 0 Å². The molecule has 1 atom stereocenters. The van der Waals surface area contributed by atoms with Crippen molar-refractivity contribution in [1.29, 1.82) is 0 Å². The summed E-state index contributed by atoms with van der Waals surface area (Å²) >= 11 is 5.92. The monoisotopic (exact) mass is 276 g/mol. The van der Waals surface area contributed by atoms with Crippen LogP contribution in [0.2, 0.25) is 5.02 Å². The highest BCUT2D eigenvalue weighted by Gasteiger charge is 2.09. The van der Waals surface area contributed by atoms with E-state index in [0.717, 1.165) is 12.0 Å². The summed E-state index contributed by atoms with van der Waals surface area (Å²) in [5.74, 6) is 0.690. The van der Waals surface area contributed by atoms with Crippen molar-refractivity contribution >= 4 is 11.6 Å². The lowest BCUT2D eigenvalue weighted by molar-refractivity contribution is 0.191. The smallest absolute Gasteiger partial charge is 0.125 e. The average Bonchev–Trinajstić information content (AvgIpc) is 2.41. The molecular weight excluding hydrogens is 260 g/mol. The van der Waals surface area contributed by atoms with E-state index in [4.69, 9.17) is 16.3 Å². The fourth-order valence-corrected chi connectivity index (χ4v) is 2.08. The molecule has 0 aliphatic heterocycles. The predicted molar refractivity (Wildman–Crippen MR) is 77.7 cm³/mol. The minimum Gasteiger partial charge on any atom is -0.493 e. The second-order valence-electron chi connectivity index (χ2n) is 4.44. The van der Waals surface area contributed by atoms with Crippen LogP contribution in [0.25, 0.3) is 0 Å². The van der Waals surface area contributed by atoms with Gasteiger partial charge in [0.2, 0.25) is 0 Å². The van der Waals surface area contributed by atoms with E-state index in [1.165, 1.54) is 5.56 Å². The highest BCUT2D eigenvalue weighted by Crippen LogP contribution is 2.28. The molecule has 0 aliphatic rings. The number of benzene rings is 2. The van der Waals surface area contributed by atoms with Gasteiger partial charge in [-0.1, -0.05) is 41.9 Å². The number of rotatable bonds is 5. The standard InChI is InChI=1S/C16H17ClO2/c1-12(18)15-11-14(17)7-8-16(15)19-10-9-13-5-3-2-4-6-13/h2-8,11-12,18H,9-10H2,1H3. The molecular formula is C16H17ClO2. The van der Waals surface area contributed by atoms with Gasteiger partial charge < -0.3 is 9.84 Å². The van der Waals surface area contributed by atoms with Crippen LogP contribution < -0.4 is 4.74 Å². The van der Waals surface area contributed by atoms with Crippen LogP contribution in [-0.2, 0) is 6.42 Å². The second-order valence-corrected chi connectivity index (χ2v) is 4.88. The molecule has 3 heteroatoms. The highest BCUT2D eigenvalue weighted by molar-refractivity contribution is 6.30. The molecule has 0 aliphatic carbocycles. The maximum Gasteiger partial charge on any atom is 0.125 e. The highest BCUT2D eigenvalue weighted by atomic mass is 35.5. The Labute approximate surface area is 118 Å². The summed E-state index contributed by atoms with van der Waals surface area (Å²) in [6, 6.07) is 15.5. The molecule has 100 valence electrons. The lowest BCUT2D eigenvalue weighted by atomic mass is 10.1. The van der Waals surface area contributed by atoms with E-state index in [2.05, 4.69) is 12.1 Å². The topological polar surface area (TPSA) is 29.5 Å². The van der Waals surface area contributed by atoms with Crippen molar-refractivity contribution in [3.8, 4) is 5.75 Å². The Balaban J connectivity index is 2.00. The number of hydrogen-bond donors (Lipinski definition) is 1. The maximum atomic E-state index is 9.71. The number of halogens is 1. The molecule has 0 radical (unpaired) electrons.